The molecule has 3 rings (SSSR count). The second-order valence-electron chi connectivity index (χ2n) is 5.82. The molecule has 154 valence electrons. The molecule has 0 aliphatic carbocycles. The summed E-state index contributed by atoms with van der Waals surface area (Å²) in [6.45, 7) is 0. The highest BCUT2D eigenvalue weighted by Crippen LogP contribution is 2.41. The second-order valence-corrected chi connectivity index (χ2v) is 8.96. The third-order valence-corrected chi connectivity index (χ3v) is 6.34. The SMILES string of the molecule is COc1ccc(CCC(=O)Nc2nc(-c3cc(Cl)sc3Cl)cs2)c(OC)c1OC. The molecule has 0 radical (unpaired) electrons. The van der Waals surface area contributed by atoms with Gasteiger partial charge in [0.05, 0.1) is 31.4 Å². The summed E-state index contributed by atoms with van der Waals surface area (Å²) in [5.74, 6) is 1.47. The first-order valence-corrected chi connectivity index (χ1v) is 10.9. The zero-order valence-corrected chi connectivity index (χ0v) is 19.0. The Morgan fingerprint density at radius 2 is 1.90 bits per heavy atom. The van der Waals surface area contributed by atoms with Crippen LogP contribution in [0.1, 0.15) is 12.0 Å². The molecular weight excluding hydrogens is 455 g/mol. The Hall–Kier alpha value is -2.00. The fraction of sp³-hybridized carbons (Fsp3) is 0.263. The van der Waals surface area contributed by atoms with Crippen LogP contribution < -0.4 is 19.5 Å². The molecule has 0 atom stereocenters. The molecule has 0 spiro atoms. The number of thiazole rings is 1. The number of aromatic nitrogens is 1. The number of benzene rings is 1. The summed E-state index contributed by atoms with van der Waals surface area (Å²) in [5.41, 5.74) is 2.29. The summed E-state index contributed by atoms with van der Waals surface area (Å²) in [6.07, 6.45) is 0.728. The number of halogens is 2. The third kappa shape index (κ3) is 4.95. The number of hydrogen-bond donors (Lipinski definition) is 1. The molecule has 0 saturated carbocycles. The van der Waals surface area contributed by atoms with Crippen molar-refractivity contribution in [2.75, 3.05) is 26.6 Å². The van der Waals surface area contributed by atoms with E-state index in [0.717, 1.165) is 11.1 Å². The van der Waals surface area contributed by atoms with Crippen LogP contribution in [0.5, 0.6) is 17.2 Å². The Bertz CT molecular complexity index is 1020. The zero-order chi connectivity index (χ0) is 21.0. The fourth-order valence-corrected chi connectivity index (χ4v) is 4.97. The number of hydrogen-bond acceptors (Lipinski definition) is 7. The molecule has 0 aliphatic rings. The number of methoxy groups -OCH3 is 3. The number of nitrogens with one attached hydrogen (secondary N) is 1. The van der Waals surface area contributed by atoms with Gasteiger partial charge in [0.1, 0.15) is 4.34 Å². The van der Waals surface area contributed by atoms with Gasteiger partial charge in [-0.2, -0.15) is 0 Å². The third-order valence-electron chi connectivity index (χ3n) is 4.09. The van der Waals surface area contributed by atoms with Gasteiger partial charge in [-0.1, -0.05) is 29.3 Å². The van der Waals surface area contributed by atoms with Gasteiger partial charge in [-0.3, -0.25) is 4.79 Å². The van der Waals surface area contributed by atoms with Crippen molar-refractivity contribution in [2.45, 2.75) is 12.8 Å². The Kier molecular flexibility index (Phi) is 7.23. The van der Waals surface area contributed by atoms with Crippen LogP contribution >= 0.6 is 45.9 Å². The van der Waals surface area contributed by atoms with Crippen molar-refractivity contribution in [1.82, 2.24) is 4.98 Å². The van der Waals surface area contributed by atoms with Gasteiger partial charge in [0.15, 0.2) is 16.6 Å². The fourth-order valence-electron chi connectivity index (χ4n) is 2.76. The van der Waals surface area contributed by atoms with Crippen LogP contribution in [0, 0.1) is 0 Å². The van der Waals surface area contributed by atoms with Gasteiger partial charge < -0.3 is 19.5 Å². The Balaban J connectivity index is 1.66. The monoisotopic (exact) mass is 472 g/mol. The molecule has 1 aromatic carbocycles. The van der Waals surface area contributed by atoms with Gasteiger partial charge in [0.2, 0.25) is 11.7 Å². The van der Waals surface area contributed by atoms with Gasteiger partial charge in [-0.25, -0.2) is 4.98 Å². The standard InChI is InChI=1S/C19H18Cl2N2O4S2/c1-25-13-6-4-10(16(26-2)17(13)27-3)5-7-15(24)23-19-22-12(9-28-19)11-8-14(20)29-18(11)21/h4,6,8-9H,5,7H2,1-3H3,(H,22,23,24). The molecule has 10 heteroatoms. The maximum atomic E-state index is 12.4. The van der Waals surface area contributed by atoms with Gasteiger partial charge in [-0.05, 0) is 24.1 Å². The van der Waals surface area contributed by atoms with Crippen LogP contribution in [0.25, 0.3) is 11.3 Å². The maximum Gasteiger partial charge on any atom is 0.226 e. The number of anilines is 1. The molecule has 0 saturated heterocycles. The van der Waals surface area contributed by atoms with E-state index in [2.05, 4.69) is 10.3 Å². The van der Waals surface area contributed by atoms with E-state index in [-0.39, 0.29) is 12.3 Å². The number of amides is 1. The average Bonchev–Trinajstić information content (AvgIpc) is 3.30. The molecule has 0 fully saturated rings. The van der Waals surface area contributed by atoms with Crippen LogP contribution in [0.4, 0.5) is 5.13 Å². The molecule has 0 aliphatic heterocycles. The molecule has 3 aromatic rings. The van der Waals surface area contributed by atoms with Gasteiger partial charge in [0, 0.05) is 17.4 Å². The van der Waals surface area contributed by atoms with E-state index < -0.39 is 0 Å². The Morgan fingerprint density at radius 3 is 2.52 bits per heavy atom. The lowest BCUT2D eigenvalue weighted by Crippen LogP contribution is -2.12. The summed E-state index contributed by atoms with van der Waals surface area (Å²) in [5, 5.41) is 5.15. The highest BCUT2D eigenvalue weighted by Gasteiger charge is 2.17. The Morgan fingerprint density at radius 1 is 1.14 bits per heavy atom. The molecule has 1 amide bonds. The van der Waals surface area contributed by atoms with E-state index in [4.69, 9.17) is 37.4 Å². The lowest BCUT2D eigenvalue weighted by atomic mass is 10.1. The Labute approximate surface area is 186 Å². The van der Waals surface area contributed by atoms with E-state index in [1.807, 2.05) is 11.4 Å². The van der Waals surface area contributed by atoms with Crippen molar-refractivity contribution in [1.29, 1.82) is 0 Å². The molecular formula is C19H18Cl2N2O4S2. The lowest BCUT2D eigenvalue weighted by molar-refractivity contribution is -0.116. The smallest absolute Gasteiger partial charge is 0.226 e. The van der Waals surface area contributed by atoms with Gasteiger partial charge >= 0.3 is 0 Å². The van der Waals surface area contributed by atoms with E-state index in [9.17, 15) is 4.79 Å². The first-order chi connectivity index (χ1) is 14.0. The highest BCUT2D eigenvalue weighted by atomic mass is 35.5. The predicted octanol–water partition coefficient (Wildman–Crippen LogP) is 5.78. The number of thiophene rings is 1. The van der Waals surface area contributed by atoms with E-state index in [1.54, 1.807) is 33.5 Å². The molecule has 2 heterocycles. The van der Waals surface area contributed by atoms with E-state index in [1.165, 1.54) is 22.7 Å². The summed E-state index contributed by atoms with van der Waals surface area (Å²) in [4.78, 5) is 16.8. The second kappa shape index (κ2) is 9.67. The van der Waals surface area contributed by atoms with Crippen molar-refractivity contribution in [3.05, 3.63) is 37.8 Å². The number of rotatable bonds is 8. The van der Waals surface area contributed by atoms with Crippen molar-refractivity contribution in [2.24, 2.45) is 0 Å². The van der Waals surface area contributed by atoms with Crippen molar-refractivity contribution < 1.29 is 19.0 Å². The topological polar surface area (TPSA) is 69.7 Å². The summed E-state index contributed by atoms with van der Waals surface area (Å²) < 4.78 is 17.3. The maximum absolute atomic E-state index is 12.4. The number of nitrogens with zero attached hydrogens (tertiary/aromatic N) is 1. The van der Waals surface area contributed by atoms with Crippen LogP contribution in [0.15, 0.2) is 23.6 Å². The minimum atomic E-state index is -0.155. The molecule has 2 aromatic heterocycles. The number of carbonyl (C=O) groups is 1. The van der Waals surface area contributed by atoms with Crippen LogP contribution in [0.2, 0.25) is 8.67 Å². The number of aryl methyl sites for hydroxylation is 1. The first kappa shape index (κ1) is 21.7. The normalized spacial score (nSPS) is 10.7. The summed E-state index contributed by atoms with van der Waals surface area (Å²) in [7, 11) is 4.66. The summed E-state index contributed by atoms with van der Waals surface area (Å²) >= 11 is 14.8. The minimum Gasteiger partial charge on any atom is -0.493 e. The van der Waals surface area contributed by atoms with Gasteiger partial charge in [0.25, 0.3) is 0 Å². The van der Waals surface area contributed by atoms with Crippen LogP contribution in [-0.2, 0) is 11.2 Å². The zero-order valence-electron chi connectivity index (χ0n) is 15.9. The van der Waals surface area contributed by atoms with Crippen LogP contribution in [0.3, 0.4) is 0 Å². The molecule has 0 unspecified atom stereocenters. The number of carbonyl (C=O) groups excluding carboxylic acids is 1. The molecule has 29 heavy (non-hydrogen) atoms. The van der Waals surface area contributed by atoms with Crippen LogP contribution in [-0.4, -0.2) is 32.2 Å². The van der Waals surface area contributed by atoms with Gasteiger partial charge in [-0.15, -0.1) is 22.7 Å². The largest absolute Gasteiger partial charge is 0.493 e. The summed E-state index contributed by atoms with van der Waals surface area (Å²) in [6, 6.07) is 5.41. The highest BCUT2D eigenvalue weighted by molar-refractivity contribution is 7.20. The predicted molar refractivity (Wildman–Crippen MR) is 118 cm³/mol. The van der Waals surface area contributed by atoms with E-state index >= 15 is 0 Å². The minimum absolute atomic E-state index is 0.155. The molecule has 0 bridgehead atoms. The van der Waals surface area contributed by atoms with E-state index in [0.29, 0.717) is 43.2 Å². The van der Waals surface area contributed by atoms with Crippen molar-refractivity contribution in [3.63, 3.8) is 0 Å². The molecule has 1 N–H and O–H groups in total. The lowest BCUT2D eigenvalue weighted by Gasteiger charge is -2.15. The van der Waals surface area contributed by atoms with Crippen molar-refractivity contribution >= 4 is 56.9 Å². The average molecular weight is 473 g/mol. The molecule has 6 nitrogen and oxygen atoms in total. The quantitative estimate of drug-likeness (QED) is 0.450. The van der Waals surface area contributed by atoms with Crippen molar-refractivity contribution in [3.8, 4) is 28.5 Å². The first-order valence-electron chi connectivity index (χ1n) is 8.45. The number of ether oxygens (including phenoxy) is 3.